The minimum Gasteiger partial charge on any atom is -0.358 e. The van der Waals surface area contributed by atoms with E-state index in [0.717, 1.165) is 17.8 Å². The third-order valence-electron chi connectivity index (χ3n) is 4.00. The molecule has 3 rings (SSSR count). The molecule has 4 nitrogen and oxygen atoms in total. The number of aromatic nitrogens is 2. The van der Waals surface area contributed by atoms with Gasteiger partial charge in [-0.3, -0.25) is 4.79 Å². The monoisotopic (exact) mass is 375 g/mol. The minimum absolute atomic E-state index is 0.0701. The second-order valence-electron chi connectivity index (χ2n) is 7.02. The molecule has 0 fully saturated rings. The number of rotatable bonds is 2. The van der Waals surface area contributed by atoms with Gasteiger partial charge in [0, 0.05) is 28.1 Å². The van der Waals surface area contributed by atoms with Gasteiger partial charge in [0.05, 0.1) is 0 Å². The molecule has 2 heterocycles. The predicted octanol–water partition coefficient (Wildman–Crippen LogP) is 4.90. The zero-order valence-electron chi connectivity index (χ0n) is 14.3. The number of hydrogen-bond donors (Lipinski definition) is 2. The van der Waals surface area contributed by atoms with Gasteiger partial charge >= 0.3 is 0 Å². The Labute approximate surface area is 156 Å². The smallest absolute Gasteiger partial charge is 0.255 e. The fraction of sp³-hybridized carbons (Fsp3) is 0.263. The summed E-state index contributed by atoms with van der Waals surface area (Å²) < 4.78 is 0. The summed E-state index contributed by atoms with van der Waals surface area (Å²) in [6, 6.07) is 5.16. The van der Waals surface area contributed by atoms with Crippen LogP contribution in [0.4, 0.5) is 0 Å². The van der Waals surface area contributed by atoms with Gasteiger partial charge in [0.1, 0.15) is 10.3 Å². The average Bonchev–Trinajstić information content (AvgIpc) is 2.84. The quantitative estimate of drug-likeness (QED) is 0.733. The topological polar surface area (TPSA) is 57.8 Å². The van der Waals surface area contributed by atoms with Gasteiger partial charge in [0.25, 0.3) is 5.91 Å². The molecule has 0 radical (unpaired) electrons. The molecule has 0 unspecified atom stereocenters. The van der Waals surface area contributed by atoms with Crippen molar-refractivity contribution < 1.29 is 4.79 Å². The number of halogens is 2. The highest BCUT2D eigenvalue weighted by Gasteiger charge is 2.19. The lowest BCUT2D eigenvalue weighted by molar-refractivity contribution is 0.0967. The van der Waals surface area contributed by atoms with Gasteiger partial charge < -0.3 is 10.3 Å². The molecule has 6 heteroatoms. The minimum atomic E-state index is -0.275. The number of aromatic amines is 1. The largest absolute Gasteiger partial charge is 0.358 e. The molecule has 0 saturated heterocycles. The number of amides is 1. The number of H-pyrrole nitrogens is 1. The summed E-state index contributed by atoms with van der Waals surface area (Å²) in [4.78, 5) is 19.7. The number of nitrogens with zero attached hydrogens (tertiary/aromatic N) is 1. The van der Waals surface area contributed by atoms with Crippen molar-refractivity contribution in [3.63, 3.8) is 0 Å². The van der Waals surface area contributed by atoms with E-state index < -0.39 is 0 Å². The van der Waals surface area contributed by atoms with Crippen molar-refractivity contribution in [3.8, 4) is 0 Å². The van der Waals surface area contributed by atoms with Gasteiger partial charge in [-0.2, -0.15) is 0 Å². The molecule has 2 N–H and O–H groups in total. The van der Waals surface area contributed by atoms with Crippen molar-refractivity contribution in [2.24, 2.45) is 0 Å². The van der Waals surface area contributed by atoms with Crippen molar-refractivity contribution in [2.45, 2.75) is 32.6 Å². The van der Waals surface area contributed by atoms with E-state index in [-0.39, 0.29) is 21.6 Å². The molecule has 0 aromatic carbocycles. The standard InChI is InChI=1S/C19H19Cl2N3O/c1-19(2,3)15-8-11-4-5-13(6-7-14(11)23-15)22-18(25)12-9-16(20)24-17(21)10-12/h5-10,23H,4H2,1-3H3,(H,22,25). The molecule has 2 aromatic rings. The maximum Gasteiger partial charge on any atom is 0.255 e. The Balaban J connectivity index is 1.77. The third-order valence-corrected chi connectivity index (χ3v) is 4.38. The van der Waals surface area contributed by atoms with Crippen molar-refractivity contribution in [2.75, 3.05) is 0 Å². The molecule has 0 aliphatic heterocycles. The number of nitrogens with one attached hydrogen (secondary N) is 2. The number of carbonyl (C=O) groups excluding carboxylic acids is 1. The Morgan fingerprint density at radius 3 is 2.48 bits per heavy atom. The zero-order chi connectivity index (χ0) is 18.2. The SMILES string of the molecule is CC(C)(C)c1cc2c([nH]1)C=CC(NC(=O)c1cc(Cl)nc(Cl)c1)=CC2. The number of carbonyl (C=O) groups is 1. The molecule has 130 valence electrons. The fourth-order valence-electron chi connectivity index (χ4n) is 2.59. The van der Waals surface area contributed by atoms with E-state index in [1.807, 2.05) is 18.2 Å². The van der Waals surface area contributed by atoms with Crippen LogP contribution in [0.2, 0.25) is 10.3 Å². The van der Waals surface area contributed by atoms with Crippen LogP contribution in [0.25, 0.3) is 6.08 Å². The highest BCUT2D eigenvalue weighted by Crippen LogP contribution is 2.26. The second kappa shape index (κ2) is 6.70. The van der Waals surface area contributed by atoms with Gasteiger partial charge in [0.2, 0.25) is 0 Å². The maximum atomic E-state index is 12.4. The molecule has 1 aliphatic carbocycles. The van der Waals surface area contributed by atoms with Crippen LogP contribution < -0.4 is 5.32 Å². The molecular formula is C19H19Cl2N3O. The van der Waals surface area contributed by atoms with E-state index in [1.165, 1.54) is 23.4 Å². The Bertz CT molecular complexity index is 868. The lowest BCUT2D eigenvalue weighted by atomic mass is 9.92. The first-order valence-corrected chi connectivity index (χ1v) is 8.73. The second-order valence-corrected chi connectivity index (χ2v) is 7.80. The van der Waals surface area contributed by atoms with Gasteiger partial charge in [-0.15, -0.1) is 0 Å². The Morgan fingerprint density at radius 2 is 1.84 bits per heavy atom. The van der Waals surface area contributed by atoms with Crippen molar-refractivity contribution in [3.05, 3.63) is 68.9 Å². The lowest BCUT2D eigenvalue weighted by Gasteiger charge is -2.16. The summed E-state index contributed by atoms with van der Waals surface area (Å²) in [5.41, 5.74) is 4.65. The first kappa shape index (κ1) is 17.8. The summed E-state index contributed by atoms with van der Waals surface area (Å²) in [7, 11) is 0. The van der Waals surface area contributed by atoms with Crippen LogP contribution >= 0.6 is 23.2 Å². The van der Waals surface area contributed by atoms with Crippen LogP contribution in [0.5, 0.6) is 0 Å². The van der Waals surface area contributed by atoms with Crippen molar-refractivity contribution in [1.29, 1.82) is 0 Å². The predicted molar refractivity (Wildman–Crippen MR) is 102 cm³/mol. The number of pyridine rings is 1. The van der Waals surface area contributed by atoms with Crippen LogP contribution in [-0.4, -0.2) is 15.9 Å². The lowest BCUT2D eigenvalue weighted by Crippen LogP contribution is -2.22. The molecule has 0 atom stereocenters. The summed E-state index contributed by atoms with van der Waals surface area (Å²) in [6.45, 7) is 6.52. The van der Waals surface area contributed by atoms with E-state index >= 15 is 0 Å². The zero-order valence-corrected chi connectivity index (χ0v) is 15.8. The average molecular weight is 376 g/mol. The normalized spacial score (nSPS) is 13.9. The molecule has 25 heavy (non-hydrogen) atoms. The maximum absolute atomic E-state index is 12.4. The van der Waals surface area contributed by atoms with Crippen LogP contribution in [0.15, 0.2) is 36.0 Å². The Kier molecular flexibility index (Phi) is 4.76. The number of hydrogen-bond acceptors (Lipinski definition) is 2. The Hall–Kier alpha value is -2.04. The highest BCUT2D eigenvalue weighted by atomic mass is 35.5. The Morgan fingerprint density at radius 1 is 1.16 bits per heavy atom. The van der Waals surface area contributed by atoms with Crippen molar-refractivity contribution in [1.82, 2.24) is 15.3 Å². The van der Waals surface area contributed by atoms with E-state index in [4.69, 9.17) is 23.2 Å². The summed E-state index contributed by atoms with van der Waals surface area (Å²) in [6.07, 6.45) is 6.60. The third kappa shape index (κ3) is 4.14. The van der Waals surface area contributed by atoms with Gasteiger partial charge in [0.15, 0.2) is 0 Å². The molecule has 0 saturated carbocycles. The summed E-state index contributed by atoms with van der Waals surface area (Å²) in [5.74, 6) is -0.275. The molecule has 0 spiro atoms. The van der Waals surface area contributed by atoms with E-state index in [2.05, 4.69) is 42.1 Å². The van der Waals surface area contributed by atoms with Gasteiger partial charge in [-0.05, 0) is 42.3 Å². The highest BCUT2D eigenvalue weighted by molar-refractivity contribution is 6.33. The molecule has 0 bridgehead atoms. The summed E-state index contributed by atoms with van der Waals surface area (Å²) >= 11 is 11.7. The fourth-order valence-corrected chi connectivity index (χ4v) is 3.05. The molecular weight excluding hydrogens is 357 g/mol. The first-order chi connectivity index (χ1) is 11.7. The van der Waals surface area contributed by atoms with E-state index in [0.29, 0.717) is 5.56 Å². The van der Waals surface area contributed by atoms with Crippen LogP contribution in [-0.2, 0) is 11.8 Å². The van der Waals surface area contributed by atoms with Crippen LogP contribution in [0, 0.1) is 0 Å². The molecule has 2 aromatic heterocycles. The number of allylic oxidation sites excluding steroid dienone is 2. The van der Waals surface area contributed by atoms with Crippen LogP contribution in [0.3, 0.4) is 0 Å². The van der Waals surface area contributed by atoms with E-state index in [9.17, 15) is 4.79 Å². The summed E-state index contributed by atoms with van der Waals surface area (Å²) in [5, 5.41) is 3.25. The van der Waals surface area contributed by atoms with E-state index in [1.54, 1.807) is 0 Å². The van der Waals surface area contributed by atoms with Crippen molar-refractivity contribution >= 4 is 35.2 Å². The van der Waals surface area contributed by atoms with Gasteiger partial charge in [-0.25, -0.2) is 4.98 Å². The number of fused-ring (bicyclic) bond motifs is 1. The van der Waals surface area contributed by atoms with Crippen LogP contribution in [0.1, 0.15) is 48.1 Å². The molecule has 1 amide bonds. The van der Waals surface area contributed by atoms with Gasteiger partial charge in [-0.1, -0.05) is 50.0 Å². The molecule has 1 aliphatic rings. The first-order valence-electron chi connectivity index (χ1n) is 7.97.